The van der Waals surface area contributed by atoms with Gasteiger partial charge in [-0.3, -0.25) is 4.79 Å². The SMILES string of the molecule is Cn1cc(/C=N\NC(=O)c2cccc(F)c2)c2ccccc21. The minimum absolute atomic E-state index is 0.232. The Kier molecular flexibility index (Phi) is 3.70. The number of para-hydroxylation sites is 1. The Bertz CT molecular complexity index is 867. The molecule has 0 radical (unpaired) electrons. The van der Waals surface area contributed by atoms with E-state index in [0.29, 0.717) is 0 Å². The molecule has 1 heterocycles. The lowest BCUT2D eigenvalue weighted by Gasteiger charge is -1.99. The van der Waals surface area contributed by atoms with Gasteiger partial charge < -0.3 is 4.57 Å². The van der Waals surface area contributed by atoms with Crippen molar-refractivity contribution in [1.82, 2.24) is 9.99 Å². The molecule has 0 bridgehead atoms. The number of hydrazone groups is 1. The van der Waals surface area contributed by atoms with Crippen LogP contribution in [-0.2, 0) is 7.05 Å². The topological polar surface area (TPSA) is 46.4 Å². The van der Waals surface area contributed by atoms with Gasteiger partial charge in [-0.05, 0) is 24.3 Å². The average molecular weight is 295 g/mol. The van der Waals surface area contributed by atoms with Crippen LogP contribution in [0, 0.1) is 5.82 Å². The summed E-state index contributed by atoms with van der Waals surface area (Å²) < 4.78 is 15.1. The van der Waals surface area contributed by atoms with Crippen LogP contribution in [0.5, 0.6) is 0 Å². The Morgan fingerprint density at radius 2 is 2.05 bits per heavy atom. The van der Waals surface area contributed by atoms with Crippen molar-refractivity contribution in [2.45, 2.75) is 0 Å². The fourth-order valence-corrected chi connectivity index (χ4v) is 2.33. The van der Waals surface area contributed by atoms with Crippen LogP contribution in [-0.4, -0.2) is 16.7 Å². The molecule has 0 spiro atoms. The maximum atomic E-state index is 13.1. The second kappa shape index (κ2) is 5.81. The van der Waals surface area contributed by atoms with Gasteiger partial charge in [-0.1, -0.05) is 24.3 Å². The molecule has 0 aliphatic heterocycles. The Balaban J connectivity index is 1.78. The van der Waals surface area contributed by atoms with Crippen molar-refractivity contribution < 1.29 is 9.18 Å². The van der Waals surface area contributed by atoms with E-state index in [0.717, 1.165) is 16.5 Å². The Hall–Kier alpha value is -2.95. The van der Waals surface area contributed by atoms with Gasteiger partial charge in [0.1, 0.15) is 5.82 Å². The molecule has 2 aromatic carbocycles. The van der Waals surface area contributed by atoms with Crippen LogP contribution >= 0.6 is 0 Å². The zero-order valence-corrected chi connectivity index (χ0v) is 12.0. The van der Waals surface area contributed by atoms with Gasteiger partial charge in [0.2, 0.25) is 0 Å². The fraction of sp³-hybridized carbons (Fsp3) is 0.0588. The van der Waals surface area contributed by atoms with Crippen molar-refractivity contribution in [1.29, 1.82) is 0 Å². The van der Waals surface area contributed by atoms with Crippen LogP contribution in [0.2, 0.25) is 0 Å². The summed E-state index contributed by atoms with van der Waals surface area (Å²) in [6.07, 6.45) is 3.52. The highest BCUT2D eigenvalue weighted by molar-refractivity contribution is 6.00. The molecule has 1 N–H and O–H groups in total. The number of nitrogens with zero attached hydrogens (tertiary/aromatic N) is 2. The van der Waals surface area contributed by atoms with E-state index < -0.39 is 11.7 Å². The second-order valence-corrected chi connectivity index (χ2v) is 4.92. The molecule has 110 valence electrons. The standard InChI is InChI=1S/C17H14FN3O/c1-21-11-13(15-7-2-3-8-16(15)21)10-19-20-17(22)12-5-4-6-14(18)9-12/h2-11H,1H3,(H,20,22)/b19-10-. The van der Waals surface area contributed by atoms with Crippen LogP contribution in [0.1, 0.15) is 15.9 Å². The number of aryl methyl sites for hydroxylation is 1. The number of amides is 1. The van der Waals surface area contributed by atoms with E-state index >= 15 is 0 Å². The maximum absolute atomic E-state index is 13.1. The largest absolute Gasteiger partial charge is 0.350 e. The number of aromatic nitrogens is 1. The summed E-state index contributed by atoms with van der Waals surface area (Å²) in [7, 11) is 1.95. The van der Waals surface area contributed by atoms with E-state index in [2.05, 4.69) is 10.5 Å². The minimum Gasteiger partial charge on any atom is -0.350 e. The molecule has 1 aromatic heterocycles. The molecular formula is C17H14FN3O. The first-order valence-corrected chi connectivity index (χ1v) is 6.78. The first kappa shape index (κ1) is 14.0. The number of rotatable bonds is 3. The number of halogens is 1. The van der Waals surface area contributed by atoms with Gasteiger partial charge in [-0.2, -0.15) is 5.10 Å². The molecule has 0 atom stereocenters. The Morgan fingerprint density at radius 3 is 2.86 bits per heavy atom. The van der Waals surface area contributed by atoms with Gasteiger partial charge in [0.25, 0.3) is 5.91 Å². The van der Waals surface area contributed by atoms with Gasteiger partial charge in [0, 0.05) is 35.3 Å². The average Bonchev–Trinajstić information content (AvgIpc) is 2.84. The summed E-state index contributed by atoms with van der Waals surface area (Å²) in [5.74, 6) is -0.901. The molecule has 3 rings (SSSR count). The van der Waals surface area contributed by atoms with Crippen molar-refractivity contribution in [2.24, 2.45) is 12.1 Å². The molecule has 0 fully saturated rings. The maximum Gasteiger partial charge on any atom is 0.271 e. The van der Waals surface area contributed by atoms with Gasteiger partial charge in [-0.25, -0.2) is 9.82 Å². The number of benzene rings is 2. The third-order valence-electron chi connectivity index (χ3n) is 3.38. The van der Waals surface area contributed by atoms with Crippen LogP contribution in [0.15, 0.2) is 59.8 Å². The lowest BCUT2D eigenvalue weighted by molar-refractivity contribution is 0.0954. The molecule has 0 aliphatic rings. The molecule has 0 saturated heterocycles. The van der Waals surface area contributed by atoms with Crippen molar-refractivity contribution in [3.05, 3.63) is 71.7 Å². The van der Waals surface area contributed by atoms with Crippen molar-refractivity contribution in [3.8, 4) is 0 Å². The number of hydrogen-bond acceptors (Lipinski definition) is 2. The summed E-state index contributed by atoms with van der Waals surface area (Å²) in [4.78, 5) is 11.9. The summed E-state index contributed by atoms with van der Waals surface area (Å²) in [5, 5.41) is 5.00. The Morgan fingerprint density at radius 1 is 1.23 bits per heavy atom. The van der Waals surface area contributed by atoms with Crippen molar-refractivity contribution in [2.75, 3.05) is 0 Å². The predicted octanol–water partition coefficient (Wildman–Crippen LogP) is 3.08. The molecule has 5 heteroatoms. The lowest BCUT2D eigenvalue weighted by Crippen LogP contribution is -2.17. The van der Waals surface area contributed by atoms with E-state index in [1.165, 1.54) is 24.3 Å². The number of fused-ring (bicyclic) bond motifs is 1. The highest BCUT2D eigenvalue weighted by atomic mass is 19.1. The smallest absolute Gasteiger partial charge is 0.271 e. The number of hydrogen-bond donors (Lipinski definition) is 1. The minimum atomic E-state index is -0.453. The second-order valence-electron chi connectivity index (χ2n) is 4.92. The van der Waals surface area contributed by atoms with E-state index in [-0.39, 0.29) is 5.56 Å². The zero-order valence-electron chi connectivity index (χ0n) is 12.0. The predicted molar refractivity (Wildman–Crippen MR) is 84.4 cm³/mol. The van der Waals surface area contributed by atoms with Crippen LogP contribution in [0.4, 0.5) is 4.39 Å². The van der Waals surface area contributed by atoms with Crippen LogP contribution in [0.3, 0.4) is 0 Å². The number of carbonyl (C=O) groups excluding carboxylic acids is 1. The zero-order chi connectivity index (χ0) is 15.5. The summed E-state index contributed by atoms with van der Waals surface area (Å²) >= 11 is 0. The number of nitrogens with one attached hydrogen (secondary N) is 1. The molecule has 22 heavy (non-hydrogen) atoms. The van der Waals surface area contributed by atoms with Gasteiger partial charge in [-0.15, -0.1) is 0 Å². The third kappa shape index (κ3) is 2.74. The molecule has 1 amide bonds. The quantitative estimate of drug-likeness (QED) is 0.586. The monoisotopic (exact) mass is 295 g/mol. The first-order chi connectivity index (χ1) is 10.6. The molecule has 4 nitrogen and oxygen atoms in total. The lowest BCUT2D eigenvalue weighted by atomic mass is 10.2. The highest BCUT2D eigenvalue weighted by Crippen LogP contribution is 2.18. The van der Waals surface area contributed by atoms with Crippen LogP contribution in [0.25, 0.3) is 10.9 Å². The van der Waals surface area contributed by atoms with Crippen molar-refractivity contribution >= 4 is 23.0 Å². The van der Waals surface area contributed by atoms with Gasteiger partial charge >= 0.3 is 0 Å². The van der Waals surface area contributed by atoms with Gasteiger partial charge in [0.15, 0.2) is 0 Å². The van der Waals surface area contributed by atoms with Crippen LogP contribution < -0.4 is 5.43 Å². The first-order valence-electron chi connectivity index (χ1n) is 6.78. The number of carbonyl (C=O) groups is 1. The molecule has 0 unspecified atom stereocenters. The molecule has 0 aliphatic carbocycles. The van der Waals surface area contributed by atoms with E-state index in [4.69, 9.17) is 0 Å². The van der Waals surface area contributed by atoms with Gasteiger partial charge in [0.05, 0.1) is 6.21 Å². The molecular weight excluding hydrogens is 281 g/mol. The normalized spacial score (nSPS) is 11.2. The fourth-order valence-electron chi connectivity index (χ4n) is 2.33. The Labute approximate surface area is 126 Å². The van der Waals surface area contributed by atoms with Crippen molar-refractivity contribution in [3.63, 3.8) is 0 Å². The summed E-state index contributed by atoms with van der Waals surface area (Å²) in [6.45, 7) is 0. The van der Waals surface area contributed by atoms with E-state index in [1.54, 1.807) is 6.21 Å². The third-order valence-corrected chi connectivity index (χ3v) is 3.38. The van der Waals surface area contributed by atoms with E-state index in [1.807, 2.05) is 42.1 Å². The molecule has 0 saturated carbocycles. The summed E-state index contributed by atoms with van der Waals surface area (Å²) in [5.41, 5.74) is 4.62. The highest BCUT2D eigenvalue weighted by Gasteiger charge is 2.06. The molecule has 3 aromatic rings. The summed E-state index contributed by atoms with van der Waals surface area (Å²) in [6, 6.07) is 13.4. The van der Waals surface area contributed by atoms with E-state index in [9.17, 15) is 9.18 Å².